The number of amides is 1. The summed E-state index contributed by atoms with van der Waals surface area (Å²) in [5.74, 6) is 0.829. The van der Waals surface area contributed by atoms with E-state index >= 15 is 0 Å². The van der Waals surface area contributed by atoms with Crippen molar-refractivity contribution in [3.05, 3.63) is 11.3 Å². The highest BCUT2D eigenvalue weighted by molar-refractivity contribution is 5.99. The number of hydrogen-bond acceptors (Lipinski definition) is 3. The lowest BCUT2D eigenvalue weighted by molar-refractivity contribution is 0.0938. The van der Waals surface area contributed by atoms with Gasteiger partial charge in [0.1, 0.15) is 5.56 Å². The zero-order chi connectivity index (χ0) is 13.7. The van der Waals surface area contributed by atoms with E-state index in [1.54, 1.807) is 6.92 Å². The summed E-state index contributed by atoms with van der Waals surface area (Å²) in [6, 6.07) is 0.157. The first-order valence-corrected chi connectivity index (χ1v) is 6.53. The Morgan fingerprint density at radius 2 is 2.06 bits per heavy atom. The Hall–Kier alpha value is -1.52. The van der Waals surface area contributed by atoms with E-state index in [1.807, 2.05) is 6.92 Å². The number of nitrogens with one attached hydrogen (secondary N) is 2. The molecule has 5 nitrogen and oxygen atoms in total. The highest BCUT2D eigenvalue weighted by atomic mass is 16.1. The monoisotopic (exact) mass is 252 g/mol. The average molecular weight is 252 g/mol. The predicted molar refractivity (Wildman–Crippen MR) is 73.4 cm³/mol. The van der Waals surface area contributed by atoms with Crippen molar-refractivity contribution >= 4 is 11.7 Å². The number of nitrogen functional groups attached to an aromatic ring is 1. The zero-order valence-corrected chi connectivity index (χ0v) is 11.7. The molecule has 0 spiro atoms. The van der Waals surface area contributed by atoms with Crippen LogP contribution in [0.15, 0.2) is 0 Å². The number of anilines is 1. The van der Waals surface area contributed by atoms with Gasteiger partial charge in [0, 0.05) is 11.7 Å². The van der Waals surface area contributed by atoms with Crippen LogP contribution in [0.3, 0.4) is 0 Å². The fourth-order valence-corrected chi connectivity index (χ4v) is 1.94. The van der Waals surface area contributed by atoms with E-state index in [4.69, 9.17) is 5.73 Å². The van der Waals surface area contributed by atoms with Gasteiger partial charge in [-0.2, -0.15) is 5.10 Å². The molecular formula is C13H24N4O. The highest BCUT2D eigenvalue weighted by Gasteiger charge is 2.17. The first kappa shape index (κ1) is 14.5. The Balaban J connectivity index is 2.45. The second kappa shape index (κ2) is 6.42. The van der Waals surface area contributed by atoms with Crippen LogP contribution in [0.2, 0.25) is 0 Å². The SMILES string of the molecule is Cc1[nH]nc(N)c1C(=O)NC(C)CCCC(C)C. The van der Waals surface area contributed by atoms with Crippen molar-refractivity contribution in [2.24, 2.45) is 5.92 Å². The summed E-state index contributed by atoms with van der Waals surface area (Å²) in [5.41, 5.74) is 6.83. The van der Waals surface area contributed by atoms with Crippen molar-refractivity contribution in [3.63, 3.8) is 0 Å². The van der Waals surface area contributed by atoms with Crippen molar-refractivity contribution in [1.82, 2.24) is 15.5 Å². The van der Waals surface area contributed by atoms with Crippen molar-refractivity contribution in [1.29, 1.82) is 0 Å². The minimum Gasteiger partial charge on any atom is -0.382 e. The van der Waals surface area contributed by atoms with Crippen LogP contribution in [-0.4, -0.2) is 22.1 Å². The number of aromatic amines is 1. The summed E-state index contributed by atoms with van der Waals surface area (Å²) >= 11 is 0. The van der Waals surface area contributed by atoms with Gasteiger partial charge in [0.25, 0.3) is 5.91 Å². The molecule has 102 valence electrons. The molecule has 0 fully saturated rings. The quantitative estimate of drug-likeness (QED) is 0.726. The summed E-state index contributed by atoms with van der Waals surface area (Å²) in [6.45, 7) is 8.23. The molecule has 18 heavy (non-hydrogen) atoms. The van der Waals surface area contributed by atoms with Gasteiger partial charge in [0.05, 0.1) is 0 Å². The van der Waals surface area contributed by atoms with Gasteiger partial charge < -0.3 is 11.1 Å². The number of aromatic nitrogens is 2. The van der Waals surface area contributed by atoms with Gasteiger partial charge in [-0.25, -0.2) is 0 Å². The number of rotatable bonds is 6. The molecule has 1 rings (SSSR count). The molecule has 1 amide bonds. The van der Waals surface area contributed by atoms with Crippen LogP contribution in [0.1, 0.15) is 56.1 Å². The zero-order valence-electron chi connectivity index (χ0n) is 11.7. The number of H-pyrrole nitrogens is 1. The Morgan fingerprint density at radius 3 is 2.56 bits per heavy atom. The van der Waals surface area contributed by atoms with Crippen molar-refractivity contribution in [2.75, 3.05) is 5.73 Å². The maximum absolute atomic E-state index is 12.0. The molecule has 1 unspecified atom stereocenters. The Morgan fingerprint density at radius 1 is 1.39 bits per heavy atom. The first-order valence-electron chi connectivity index (χ1n) is 6.53. The van der Waals surface area contributed by atoms with Gasteiger partial charge in [-0.3, -0.25) is 9.89 Å². The maximum Gasteiger partial charge on any atom is 0.257 e. The smallest absolute Gasteiger partial charge is 0.257 e. The van der Waals surface area contributed by atoms with Gasteiger partial charge in [-0.05, 0) is 26.2 Å². The molecule has 4 N–H and O–H groups in total. The van der Waals surface area contributed by atoms with Crippen molar-refractivity contribution in [2.45, 2.75) is 53.0 Å². The molecule has 0 saturated heterocycles. The molecule has 0 saturated carbocycles. The number of aryl methyl sites for hydroxylation is 1. The van der Waals surface area contributed by atoms with Gasteiger partial charge in [-0.15, -0.1) is 0 Å². The number of carbonyl (C=O) groups is 1. The van der Waals surface area contributed by atoms with Crippen LogP contribution in [0.4, 0.5) is 5.82 Å². The van der Waals surface area contributed by atoms with Gasteiger partial charge in [-0.1, -0.05) is 26.7 Å². The standard InChI is InChI=1S/C13H24N4O/c1-8(2)6-5-7-9(3)15-13(18)11-10(4)16-17-12(11)14/h8-9H,5-7H2,1-4H3,(H,15,18)(H3,14,16,17). The number of carbonyl (C=O) groups excluding carboxylic acids is 1. The maximum atomic E-state index is 12.0. The molecule has 0 aromatic carbocycles. The summed E-state index contributed by atoms with van der Waals surface area (Å²) in [6.07, 6.45) is 3.30. The van der Waals surface area contributed by atoms with E-state index in [9.17, 15) is 4.79 Å². The van der Waals surface area contributed by atoms with E-state index in [1.165, 1.54) is 6.42 Å². The van der Waals surface area contributed by atoms with Gasteiger partial charge in [0.15, 0.2) is 5.82 Å². The molecule has 0 aliphatic rings. The fourth-order valence-electron chi connectivity index (χ4n) is 1.94. The Bertz CT molecular complexity index is 378. The van der Waals surface area contributed by atoms with Crippen LogP contribution in [0.25, 0.3) is 0 Å². The molecule has 1 aromatic rings. The van der Waals surface area contributed by atoms with Crippen LogP contribution in [0.5, 0.6) is 0 Å². The molecule has 5 heteroatoms. The van der Waals surface area contributed by atoms with Gasteiger partial charge >= 0.3 is 0 Å². The molecule has 0 aliphatic carbocycles. The molecule has 0 radical (unpaired) electrons. The minimum atomic E-state index is -0.143. The molecule has 0 bridgehead atoms. The summed E-state index contributed by atoms with van der Waals surface area (Å²) < 4.78 is 0. The Kier molecular flexibility index (Phi) is 5.19. The van der Waals surface area contributed by atoms with Crippen LogP contribution in [0, 0.1) is 12.8 Å². The molecule has 1 atom stereocenters. The lowest BCUT2D eigenvalue weighted by Crippen LogP contribution is -2.33. The molecule has 0 aliphatic heterocycles. The largest absolute Gasteiger partial charge is 0.382 e. The molecule has 1 aromatic heterocycles. The number of hydrogen-bond donors (Lipinski definition) is 3. The Labute approximate surface area is 109 Å². The summed E-state index contributed by atoms with van der Waals surface area (Å²) in [7, 11) is 0. The topological polar surface area (TPSA) is 83.8 Å². The molecule has 1 heterocycles. The third-order valence-electron chi connectivity index (χ3n) is 3.00. The van der Waals surface area contributed by atoms with E-state index < -0.39 is 0 Å². The highest BCUT2D eigenvalue weighted by Crippen LogP contribution is 2.13. The number of nitrogens with two attached hydrogens (primary N) is 1. The second-order valence-corrected chi connectivity index (χ2v) is 5.31. The summed E-state index contributed by atoms with van der Waals surface area (Å²) in [4.78, 5) is 12.0. The first-order chi connectivity index (χ1) is 8.41. The minimum absolute atomic E-state index is 0.143. The van der Waals surface area contributed by atoms with E-state index in [0.29, 0.717) is 17.2 Å². The third kappa shape index (κ3) is 4.05. The molecular weight excluding hydrogens is 228 g/mol. The van der Waals surface area contributed by atoms with Crippen LogP contribution in [-0.2, 0) is 0 Å². The third-order valence-corrected chi connectivity index (χ3v) is 3.00. The number of nitrogens with zero attached hydrogens (tertiary/aromatic N) is 1. The van der Waals surface area contributed by atoms with Crippen molar-refractivity contribution in [3.8, 4) is 0 Å². The summed E-state index contributed by atoms with van der Waals surface area (Å²) in [5, 5.41) is 9.49. The van der Waals surface area contributed by atoms with Gasteiger partial charge in [0.2, 0.25) is 0 Å². The normalized spacial score (nSPS) is 12.7. The van der Waals surface area contributed by atoms with Crippen LogP contribution < -0.4 is 11.1 Å². The lowest BCUT2D eigenvalue weighted by Gasteiger charge is -2.14. The van der Waals surface area contributed by atoms with Crippen molar-refractivity contribution < 1.29 is 4.79 Å². The van der Waals surface area contributed by atoms with E-state index in [0.717, 1.165) is 12.8 Å². The van der Waals surface area contributed by atoms with E-state index in [-0.39, 0.29) is 17.8 Å². The van der Waals surface area contributed by atoms with E-state index in [2.05, 4.69) is 29.4 Å². The van der Waals surface area contributed by atoms with Crippen LogP contribution >= 0.6 is 0 Å². The fraction of sp³-hybridized carbons (Fsp3) is 0.692. The average Bonchev–Trinajstić information content (AvgIpc) is 2.57. The lowest BCUT2D eigenvalue weighted by atomic mass is 10.0. The second-order valence-electron chi connectivity index (χ2n) is 5.31. The predicted octanol–water partition coefficient (Wildman–Crippen LogP) is 2.24.